The molecule has 0 atom stereocenters. The van der Waals surface area contributed by atoms with Crippen LogP contribution in [-0.4, -0.2) is 22.8 Å². The van der Waals surface area contributed by atoms with Gasteiger partial charge in [-0.1, -0.05) is 37.3 Å². The summed E-state index contributed by atoms with van der Waals surface area (Å²) >= 11 is 5.00. The van der Waals surface area contributed by atoms with Crippen molar-refractivity contribution in [3.63, 3.8) is 0 Å². The van der Waals surface area contributed by atoms with Gasteiger partial charge in [-0.25, -0.2) is 0 Å². The fraction of sp³-hybridized carbons (Fsp3) is 0.200. The Kier molecular flexibility index (Phi) is 8.11. The van der Waals surface area contributed by atoms with Crippen LogP contribution < -0.4 is 21.5 Å². The van der Waals surface area contributed by atoms with E-state index in [4.69, 9.17) is 12.2 Å². The van der Waals surface area contributed by atoms with E-state index < -0.39 is 5.91 Å². The number of hydrogen-bond donors (Lipinski definition) is 4. The lowest BCUT2D eigenvalue weighted by Gasteiger charge is -2.11. The van der Waals surface area contributed by atoms with Crippen molar-refractivity contribution < 1.29 is 14.4 Å². The lowest BCUT2D eigenvalue weighted by Crippen LogP contribution is -2.48. The van der Waals surface area contributed by atoms with E-state index in [1.54, 1.807) is 24.3 Å². The predicted molar refractivity (Wildman–Crippen MR) is 111 cm³/mol. The van der Waals surface area contributed by atoms with Gasteiger partial charge in [-0.3, -0.25) is 25.2 Å². The maximum atomic E-state index is 12.1. The number of carbonyl (C=O) groups excluding carboxylic acids is 3. The molecule has 0 unspecified atom stereocenters. The highest BCUT2D eigenvalue weighted by Gasteiger charge is 2.09. The summed E-state index contributed by atoms with van der Waals surface area (Å²) in [4.78, 5) is 35.6. The van der Waals surface area contributed by atoms with Gasteiger partial charge in [0.2, 0.25) is 11.8 Å². The van der Waals surface area contributed by atoms with E-state index in [0.29, 0.717) is 17.7 Å². The molecule has 7 nitrogen and oxygen atoms in total. The molecular formula is C20H22N4O3S. The SMILES string of the molecule is CCCC(=O)Nc1ccc(C(=O)NNC(=S)NC(=O)Cc2ccccc2)cc1. The number of rotatable bonds is 6. The van der Waals surface area contributed by atoms with Crippen LogP contribution in [0.25, 0.3) is 0 Å². The highest BCUT2D eigenvalue weighted by Crippen LogP contribution is 2.10. The first-order valence-corrected chi connectivity index (χ1v) is 9.22. The van der Waals surface area contributed by atoms with Crippen molar-refractivity contribution in [3.8, 4) is 0 Å². The summed E-state index contributed by atoms with van der Waals surface area (Å²) in [7, 11) is 0. The molecule has 0 aliphatic carbocycles. The molecule has 0 bridgehead atoms. The lowest BCUT2D eigenvalue weighted by molar-refractivity contribution is -0.119. The summed E-state index contributed by atoms with van der Waals surface area (Å²) in [6.07, 6.45) is 1.39. The van der Waals surface area contributed by atoms with Gasteiger partial charge in [0.15, 0.2) is 5.11 Å². The average molecular weight is 398 g/mol. The van der Waals surface area contributed by atoms with Crippen LogP contribution >= 0.6 is 12.2 Å². The first-order valence-electron chi connectivity index (χ1n) is 8.82. The molecule has 146 valence electrons. The van der Waals surface area contributed by atoms with Crippen molar-refractivity contribution in [2.45, 2.75) is 26.2 Å². The fourth-order valence-electron chi connectivity index (χ4n) is 2.32. The molecule has 0 aromatic heterocycles. The number of thiocarbonyl (C=S) groups is 1. The number of anilines is 1. The van der Waals surface area contributed by atoms with Gasteiger partial charge in [0, 0.05) is 17.7 Å². The number of hydrazine groups is 1. The number of nitrogens with one attached hydrogen (secondary N) is 4. The first kappa shape index (κ1) is 21.0. The number of amides is 3. The average Bonchev–Trinajstić information content (AvgIpc) is 2.67. The minimum Gasteiger partial charge on any atom is -0.326 e. The van der Waals surface area contributed by atoms with Crippen molar-refractivity contribution in [2.24, 2.45) is 0 Å². The molecule has 8 heteroatoms. The van der Waals surface area contributed by atoms with Gasteiger partial charge < -0.3 is 10.6 Å². The summed E-state index contributed by atoms with van der Waals surface area (Å²) in [5, 5.41) is 5.24. The molecule has 0 aliphatic heterocycles. The summed E-state index contributed by atoms with van der Waals surface area (Å²) in [6, 6.07) is 15.7. The van der Waals surface area contributed by atoms with Gasteiger partial charge in [0.25, 0.3) is 5.91 Å². The second-order valence-electron chi connectivity index (χ2n) is 5.99. The van der Waals surface area contributed by atoms with Crippen LogP contribution in [0.2, 0.25) is 0 Å². The molecule has 0 saturated heterocycles. The van der Waals surface area contributed by atoms with E-state index in [1.165, 1.54) is 0 Å². The van der Waals surface area contributed by atoms with Crippen LogP contribution in [0.4, 0.5) is 5.69 Å². The zero-order valence-corrected chi connectivity index (χ0v) is 16.3. The highest BCUT2D eigenvalue weighted by atomic mass is 32.1. The quantitative estimate of drug-likeness (QED) is 0.442. The van der Waals surface area contributed by atoms with E-state index >= 15 is 0 Å². The third-order valence-corrected chi connectivity index (χ3v) is 3.86. The zero-order chi connectivity index (χ0) is 20.4. The Morgan fingerprint density at radius 2 is 1.57 bits per heavy atom. The number of hydrogen-bond acceptors (Lipinski definition) is 4. The lowest BCUT2D eigenvalue weighted by atomic mass is 10.1. The van der Waals surface area contributed by atoms with Crippen molar-refractivity contribution in [2.75, 3.05) is 5.32 Å². The summed E-state index contributed by atoms with van der Waals surface area (Å²) in [5.41, 5.74) is 6.76. The Labute approximate surface area is 168 Å². The largest absolute Gasteiger partial charge is 0.326 e. The molecule has 0 aliphatic rings. The second-order valence-corrected chi connectivity index (χ2v) is 6.40. The molecule has 2 aromatic rings. The molecule has 2 aromatic carbocycles. The topological polar surface area (TPSA) is 99.3 Å². The van der Waals surface area contributed by atoms with Gasteiger partial charge in [0.1, 0.15) is 0 Å². The van der Waals surface area contributed by atoms with E-state index in [-0.39, 0.29) is 23.3 Å². The van der Waals surface area contributed by atoms with E-state index in [2.05, 4.69) is 21.5 Å². The Hall–Kier alpha value is -3.26. The Morgan fingerprint density at radius 3 is 2.21 bits per heavy atom. The molecular weight excluding hydrogens is 376 g/mol. The molecule has 4 N–H and O–H groups in total. The molecule has 3 amide bonds. The standard InChI is InChI=1S/C20H22N4O3S/c1-2-6-17(25)21-16-11-9-15(10-12-16)19(27)23-24-20(28)22-18(26)13-14-7-4-3-5-8-14/h3-5,7-12H,2,6,13H2,1H3,(H,21,25)(H,23,27)(H2,22,24,26,28). The Morgan fingerprint density at radius 1 is 0.893 bits per heavy atom. The summed E-state index contributed by atoms with van der Waals surface area (Å²) in [6.45, 7) is 1.93. The van der Waals surface area contributed by atoms with Crippen molar-refractivity contribution in [1.29, 1.82) is 0 Å². The molecule has 0 saturated carbocycles. The van der Waals surface area contributed by atoms with E-state index in [1.807, 2.05) is 37.3 Å². The van der Waals surface area contributed by atoms with Crippen LogP contribution in [0, 0.1) is 0 Å². The van der Waals surface area contributed by atoms with Crippen LogP contribution in [0.1, 0.15) is 35.7 Å². The molecule has 0 spiro atoms. The maximum absolute atomic E-state index is 12.1. The van der Waals surface area contributed by atoms with Crippen molar-refractivity contribution >= 4 is 40.7 Å². The van der Waals surface area contributed by atoms with Gasteiger partial charge in [0.05, 0.1) is 6.42 Å². The predicted octanol–water partition coefficient (Wildman–Crippen LogP) is 2.30. The minimum absolute atomic E-state index is 0.00210. The maximum Gasteiger partial charge on any atom is 0.269 e. The van der Waals surface area contributed by atoms with Crippen LogP contribution in [0.15, 0.2) is 54.6 Å². The molecule has 0 fully saturated rings. The number of carbonyl (C=O) groups is 3. The highest BCUT2D eigenvalue weighted by molar-refractivity contribution is 7.80. The van der Waals surface area contributed by atoms with Gasteiger partial charge in [-0.15, -0.1) is 0 Å². The summed E-state index contributed by atoms with van der Waals surface area (Å²) in [5.74, 6) is -0.783. The van der Waals surface area contributed by atoms with Gasteiger partial charge in [-0.05, 0) is 48.5 Å². The molecule has 0 heterocycles. The number of benzene rings is 2. The van der Waals surface area contributed by atoms with Gasteiger partial charge in [-0.2, -0.15) is 0 Å². The van der Waals surface area contributed by atoms with E-state index in [0.717, 1.165) is 12.0 Å². The zero-order valence-electron chi connectivity index (χ0n) is 15.5. The minimum atomic E-state index is -0.425. The summed E-state index contributed by atoms with van der Waals surface area (Å²) < 4.78 is 0. The Balaban J connectivity index is 1.77. The monoisotopic (exact) mass is 398 g/mol. The van der Waals surface area contributed by atoms with Crippen LogP contribution in [-0.2, 0) is 16.0 Å². The van der Waals surface area contributed by atoms with Crippen molar-refractivity contribution in [3.05, 3.63) is 65.7 Å². The van der Waals surface area contributed by atoms with Crippen molar-refractivity contribution in [1.82, 2.24) is 16.2 Å². The smallest absolute Gasteiger partial charge is 0.269 e. The van der Waals surface area contributed by atoms with E-state index in [9.17, 15) is 14.4 Å². The molecule has 2 rings (SSSR count). The third kappa shape index (κ3) is 7.16. The Bertz CT molecular complexity index is 838. The van der Waals surface area contributed by atoms with Gasteiger partial charge >= 0.3 is 0 Å². The van der Waals surface area contributed by atoms with Crippen LogP contribution in [0.3, 0.4) is 0 Å². The molecule has 0 radical (unpaired) electrons. The third-order valence-electron chi connectivity index (χ3n) is 3.66. The second kappa shape index (κ2) is 10.8. The molecule has 28 heavy (non-hydrogen) atoms. The normalized spacial score (nSPS) is 9.89. The first-order chi connectivity index (χ1) is 13.5. The van der Waals surface area contributed by atoms with Crippen LogP contribution in [0.5, 0.6) is 0 Å². The fourth-order valence-corrected chi connectivity index (χ4v) is 2.49.